The van der Waals surface area contributed by atoms with Gasteiger partial charge in [-0.25, -0.2) is 0 Å². The van der Waals surface area contributed by atoms with E-state index >= 15 is 0 Å². The van der Waals surface area contributed by atoms with Crippen molar-refractivity contribution in [3.05, 3.63) is 65.7 Å². The van der Waals surface area contributed by atoms with Gasteiger partial charge in [0.25, 0.3) is 0 Å². The standard InChI is InChI=1S/C21H22N2O3S/c1-26-17-9-7-15(8-10-17)13-22-20(25)18-14-27-21(12-11-19(24)23(18)21)16-5-3-2-4-6-16/h2-10,18H,11-14H2,1H3,(H,22,25)/t18-,21-/m0/s1. The quantitative estimate of drug-likeness (QED) is 0.864. The number of carbonyl (C=O) groups excluding carboxylic acids is 2. The first-order valence-electron chi connectivity index (χ1n) is 9.06. The van der Waals surface area contributed by atoms with Crippen LogP contribution in [0.3, 0.4) is 0 Å². The van der Waals surface area contributed by atoms with Gasteiger partial charge in [0.15, 0.2) is 0 Å². The molecular formula is C21H22N2O3S. The average Bonchev–Trinajstić information content (AvgIpc) is 3.26. The fourth-order valence-electron chi connectivity index (χ4n) is 3.89. The van der Waals surface area contributed by atoms with E-state index in [1.807, 2.05) is 47.4 Å². The monoisotopic (exact) mass is 382 g/mol. The van der Waals surface area contributed by atoms with E-state index < -0.39 is 10.9 Å². The molecule has 0 aliphatic carbocycles. The molecule has 0 spiro atoms. The minimum absolute atomic E-state index is 0.0634. The van der Waals surface area contributed by atoms with Crippen molar-refractivity contribution < 1.29 is 14.3 Å². The highest BCUT2D eigenvalue weighted by Gasteiger charge is 2.56. The van der Waals surface area contributed by atoms with Crippen molar-refractivity contribution in [2.24, 2.45) is 0 Å². The molecule has 2 saturated heterocycles. The first-order valence-corrected chi connectivity index (χ1v) is 10.0. The SMILES string of the molecule is COc1ccc(CNC(=O)[C@@H]2CS[C@]3(c4ccccc4)CCC(=O)N23)cc1. The number of methoxy groups -OCH3 is 1. The third-order valence-corrected chi connectivity index (χ3v) is 6.88. The van der Waals surface area contributed by atoms with Gasteiger partial charge in [-0.15, -0.1) is 11.8 Å². The Kier molecular flexibility index (Phi) is 4.83. The molecule has 0 saturated carbocycles. The van der Waals surface area contributed by atoms with E-state index in [1.54, 1.807) is 18.9 Å². The van der Waals surface area contributed by atoms with Gasteiger partial charge in [-0.3, -0.25) is 9.59 Å². The Morgan fingerprint density at radius 2 is 1.96 bits per heavy atom. The van der Waals surface area contributed by atoms with Crippen molar-refractivity contribution in [2.75, 3.05) is 12.9 Å². The number of benzene rings is 2. The molecular weight excluding hydrogens is 360 g/mol. The Morgan fingerprint density at radius 3 is 2.67 bits per heavy atom. The van der Waals surface area contributed by atoms with Crippen LogP contribution in [0.4, 0.5) is 0 Å². The number of amides is 2. The molecule has 2 aliphatic heterocycles. The van der Waals surface area contributed by atoms with E-state index in [0.29, 0.717) is 18.7 Å². The second kappa shape index (κ2) is 7.27. The van der Waals surface area contributed by atoms with E-state index in [0.717, 1.165) is 23.3 Å². The van der Waals surface area contributed by atoms with Crippen molar-refractivity contribution in [3.63, 3.8) is 0 Å². The van der Waals surface area contributed by atoms with E-state index in [4.69, 9.17) is 4.74 Å². The number of nitrogens with one attached hydrogen (secondary N) is 1. The molecule has 27 heavy (non-hydrogen) atoms. The van der Waals surface area contributed by atoms with Crippen molar-refractivity contribution in [2.45, 2.75) is 30.3 Å². The molecule has 2 amide bonds. The molecule has 0 unspecified atom stereocenters. The number of ether oxygens (including phenoxy) is 1. The lowest BCUT2D eigenvalue weighted by atomic mass is 10.0. The zero-order valence-corrected chi connectivity index (χ0v) is 16.0. The number of hydrogen-bond donors (Lipinski definition) is 1. The van der Waals surface area contributed by atoms with E-state index in [9.17, 15) is 9.59 Å². The molecule has 0 aromatic heterocycles. The average molecular weight is 382 g/mol. The zero-order chi connectivity index (χ0) is 18.9. The first kappa shape index (κ1) is 17.9. The van der Waals surface area contributed by atoms with Crippen LogP contribution in [0.25, 0.3) is 0 Å². The fourth-order valence-corrected chi connectivity index (χ4v) is 5.54. The summed E-state index contributed by atoms with van der Waals surface area (Å²) >= 11 is 1.71. The summed E-state index contributed by atoms with van der Waals surface area (Å²) in [6.45, 7) is 0.435. The maximum Gasteiger partial charge on any atom is 0.244 e. The topological polar surface area (TPSA) is 58.6 Å². The van der Waals surface area contributed by atoms with Crippen LogP contribution in [0.5, 0.6) is 5.75 Å². The summed E-state index contributed by atoms with van der Waals surface area (Å²) in [5.74, 6) is 1.38. The summed E-state index contributed by atoms with van der Waals surface area (Å²) in [5.41, 5.74) is 2.10. The van der Waals surface area contributed by atoms with Crippen LogP contribution in [0, 0.1) is 0 Å². The lowest BCUT2D eigenvalue weighted by molar-refractivity contribution is -0.138. The van der Waals surface area contributed by atoms with Crippen LogP contribution in [-0.2, 0) is 21.0 Å². The summed E-state index contributed by atoms with van der Waals surface area (Å²) in [6, 6.07) is 17.2. The molecule has 2 aromatic carbocycles. The summed E-state index contributed by atoms with van der Waals surface area (Å²) in [7, 11) is 1.63. The van der Waals surface area contributed by atoms with Crippen molar-refractivity contribution in [1.82, 2.24) is 10.2 Å². The minimum atomic E-state index is -0.427. The van der Waals surface area contributed by atoms with Crippen molar-refractivity contribution in [1.29, 1.82) is 0 Å². The minimum Gasteiger partial charge on any atom is -0.497 e. The van der Waals surface area contributed by atoms with Crippen molar-refractivity contribution in [3.8, 4) is 5.75 Å². The molecule has 2 heterocycles. The van der Waals surface area contributed by atoms with Gasteiger partial charge in [-0.1, -0.05) is 42.5 Å². The smallest absolute Gasteiger partial charge is 0.244 e. The maximum absolute atomic E-state index is 12.9. The number of carbonyl (C=O) groups is 2. The summed E-state index contributed by atoms with van der Waals surface area (Å²) in [6.07, 6.45) is 1.24. The maximum atomic E-state index is 12.9. The molecule has 6 heteroatoms. The molecule has 2 aliphatic rings. The fraction of sp³-hybridized carbons (Fsp3) is 0.333. The summed E-state index contributed by atoms with van der Waals surface area (Å²) in [5, 5.41) is 2.99. The molecule has 0 bridgehead atoms. The number of hydrogen-bond acceptors (Lipinski definition) is 4. The van der Waals surface area contributed by atoms with Crippen LogP contribution < -0.4 is 10.1 Å². The van der Waals surface area contributed by atoms with Gasteiger partial charge >= 0.3 is 0 Å². The molecule has 0 radical (unpaired) electrons. The first-order chi connectivity index (χ1) is 13.1. The Bertz CT molecular complexity index is 840. The predicted octanol–water partition coefficient (Wildman–Crippen LogP) is 2.90. The lowest BCUT2D eigenvalue weighted by Crippen LogP contribution is -2.49. The summed E-state index contributed by atoms with van der Waals surface area (Å²) in [4.78, 5) is 26.9. The predicted molar refractivity (Wildman–Crippen MR) is 105 cm³/mol. The highest BCUT2D eigenvalue weighted by Crippen LogP contribution is 2.54. The summed E-state index contributed by atoms with van der Waals surface area (Å²) < 4.78 is 5.15. The molecule has 2 aromatic rings. The third-order valence-electron chi connectivity index (χ3n) is 5.28. The number of rotatable bonds is 5. The number of fused-ring (bicyclic) bond motifs is 1. The number of thioether (sulfide) groups is 1. The van der Waals surface area contributed by atoms with Gasteiger partial charge in [-0.2, -0.15) is 0 Å². The van der Waals surface area contributed by atoms with Crippen LogP contribution >= 0.6 is 11.8 Å². The number of nitrogens with zero attached hydrogens (tertiary/aromatic N) is 1. The molecule has 4 rings (SSSR count). The Hall–Kier alpha value is -2.47. The van der Waals surface area contributed by atoms with E-state index in [-0.39, 0.29) is 11.8 Å². The normalized spacial score (nSPS) is 24.0. The molecule has 2 atom stereocenters. The Morgan fingerprint density at radius 1 is 1.22 bits per heavy atom. The van der Waals surface area contributed by atoms with Gasteiger partial charge in [0, 0.05) is 18.7 Å². The largest absolute Gasteiger partial charge is 0.497 e. The van der Waals surface area contributed by atoms with Gasteiger partial charge in [0.05, 0.1) is 7.11 Å². The van der Waals surface area contributed by atoms with Gasteiger partial charge in [0.2, 0.25) is 11.8 Å². The molecule has 140 valence electrons. The van der Waals surface area contributed by atoms with Crippen LogP contribution in [0.15, 0.2) is 54.6 Å². The van der Waals surface area contributed by atoms with Gasteiger partial charge < -0.3 is 15.0 Å². The molecule has 1 N–H and O–H groups in total. The highest BCUT2D eigenvalue weighted by molar-refractivity contribution is 8.00. The zero-order valence-electron chi connectivity index (χ0n) is 15.2. The lowest BCUT2D eigenvalue weighted by Gasteiger charge is -2.34. The van der Waals surface area contributed by atoms with E-state index in [2.05, 4.69) is 17.4 Å². The Labute approximate surface area is 163 Å². The van der Waals surface area contributed by atoms with Crippen LogP contribution in [0.1, 0.15) is 24.0 Å². The second-order valence-corrected chi connectivity index (χ2v) is 8.10. The highest BCUT2D eigenvalue weighted by atomic mass is 32.2. The molecule has 2 fully saturated rings. The van der Waals surface area contributed by atoms with Crippen LogP contribution in [-0.4, -0.2) is 35.6 Å². The Balaban J connectivity index is 1.49. The van der Waals surface area contributed by atoms with Gasteiger partial charge in [0.1, 0.15) is 16.7 Å². The van der Waals surface area contributed by atoms with Crippen LogP contribution in [0.2, 0.25) is 0 Å². The second-order valence-electron chi connectivity index (χ2n) is 6.81. The third kappa shape index (κ3) is 3.18. The van der Waals surface area contributed by atoms with Crippen molar-refractivity contribution >= 4 is 23.6 Å². The van der Waals surface area contributed by atoms with Gasteiger partial charge in [-0.05, 0) is 29.7 Å². The molecule has 5 nitrogen and oxygen atoms in total. The van der Waals surface area contributed by atoms with E-state index in [1.165, 1.54) is 0 Å².